The number of nitrogens with zero attached hydrogens (tertiary/aromatic N) is 1. The number of hydrogen-bond donors (Lipinski definition) is 2. The van der Waals surface area contributed by atoms with Crippen molar-refractivity contribution < 1.29 is 24.4 Å². The van der Waals surface area contributed by atoms with E-state index in [9.17, 15) is 10.2 Å². The van der Waals surface area contributed by atoms with Crippen LogP contribution in [0.5, 0.6) is 0 Å². The van der Waals surface area contributed by atoms with Gasteiger partial charge in [-0.1, -0.05) is 91.0 Å². The fraction of sp³-hybridized carbons (Fsp3) is 0.379. The third-order valence-electron chi connectivity index (χ3n) is 6.91. The minimum Gasteiger partial charge on any atom is -0.389 e. The van der Waals surface area contributed by atoms with E-state index in [1.54, 1.807) is 0 Å². The van der Waals surface area contributed by atoms with Gasteiger partial charge in [0.2, 0.25) is 0 Å². The smallest absolute Gasteiger partial charge is 0.113 e. The van der Waals surface area contributed by atoms with Crippen molar-refractivity contribution in [2.45, 2.75) is 56.4 Å². The van der Waals surface area contributed by atoms with Crippen molar-refractivity contribution in [3.63, 3.8) is 0 Å². The van der Waals surface area contributed by atoms with Crippen molar-refractivity contribution in [3.05, 3.63) is 108 Å². The number of aliphatic hydroxyl groups is 2. The number of aliphatic hydroxyl groups excluding tert-OH is 2. The van der Waals surface area contributed by atoms with Crippen LogP contribution in [0.1, 0.15) is 16.7 Å². The first-order valence-electron chi connectivity index (χ1n) is 12.3. The van der Waals surface area contributed by atoms with Crippen LogP contribution in [0, 0.1) is 0 Å². The second-order valence-corrected chi connectivity index (χ2v) is 9.36. The predicted octanol–water partition coefficient (Wildman–Crippen LogP) is 3.16. The second-order valence-electron chi connectivity index (χ2n) is 9.36. The summed E-state index contributed by atoms with van der Waals surface area (Å²) < 4.78 is 19.4. The van der Waals surface area contributed by atoms with Gasteiger partial charge in [0.05, 0.1) is 44.2 Å². The Labute approximate surface area is 206 Å². The zero-order valence-corrected chi connectivity index (χ0v) is 19.7. The first-order chi connectivity index (χ1) is 17.2. The molecular weight excluding hydrogens is 442 g/mol. The van der Waals surface area contributed by atoms with Crippen molar-refractivity contribution in [2.24, 2.45) is 0 Å². The zero-order chi connectivity index (χ0) is 24.0. The molecule has 2 N–H and O–H groups in total. The van der Waals surface area contributed by atoms with E-state index in [0.29, 0.717) is 32.9 Å². The minimum atomic E-state index is -0.909. The largest absolute Gasteiger partial charge is 0.389 e. The maximum Gasteiger partial charge on any atom is 0.113 e. The number of ether oxygens (including phenoxy) is 3. The summed E-state index contributed by atoms with van der Waals surface area (Å²) in [5.41, 5.74) is 3.19. The Kier molecular flexibility index (Phi) is 7.88. The quantitative estimate of drug-likeness (QED) is 0.496. The summed E-state index contributed by atoms with van der Waals surface area (Å²) in [6.45, 7) is 2.18. The molecule has 2 aliphatic heterocycles. The molecule has 0 radical (unpaired) electrons. The molecule has 35 heavy (non-hydrogen) atoms. The van der Waals surface area contributed by atoms with Crippen molar-refractivity contribution in [1.82, 2.24) is 4.90 Å². The van der Waals surface area contributed by atoms with E-state index in [1.807, 2.05) is 91.0 Å². The summed E-state index contributed by atoms with van der Waals surface area (Å²) in [5, 5.41) is 21.4. The van der Waals surface area contributed by atoms with Crippen molar-refractivity contribution >= 4 is 0 Å². The van der Waals surface area contributed by atoms with E-state index in [1.165, 1.54) is 0 Å². The molecule has 0 aliphatic carbocycles. The van der Waals surface area contributed by atoms with Crippen molar-refractivity contribution in [3.8, 4) is 0 Å². The number of hydrogen-bond acceptors (Lipinski definition) is 6. The molecule has 0 amide bonds. The molecule has 3 aromatic carbocycles. The Hall–Kier alpha value is -2.58. The molecule has 0 saturated carbocycles. The van der Waals surface area contributed by atoms with Gasteiger partial charge < -0.3 is 24.4 Å². The van der Waals surface area contributed by atoms with Crippen LogP contribution in [0.4, 0.5) is 0 Å². The molecule has 6 heteroatoms. The maximum atomic E-state index is 10.9. The molecule has 184 valence electrons. The Morgan fingerprint density at radius 2 is 1.06 bits per heavy atom. The Morgan fingerprint density at radius 3 is 1.57 bits per heavy atom. The van der Waals surface area contributed by atoms with Gasteiger partial charge in [0.25, 0.3) is 0 Å². The molecule has 0 unspecified atom stereocenters. The van der Waals surface area contributed by atoms with E-state index in [2.05, 4.69) is 4.90 Å². The van der Waals surface area contributed by atoms with Crippen molar-refractivity contribution in [2.75, 3.05) is 13.1 Å². The lowest BCUT2D eigenvalue weighted by Gasteiger charge is -2.46. The first kappa shape index (κ1) is 24.1. The van der Waals surface area contributed by atoms with Crippen LogP contribution in [0.2, 0.25) is 0 Å². The summed E-state index contributed by atoms with van der Waals surface area (Å²) in [6, 6.07) is 29.7. The Balaban J connectivity index is 1.39. The molecule has 5 rings (SSSR count). The summed E-state index contributed by atoms with van der Waals surface area (Å²) in [7, 11) is 0. The lowest BCUT2D eigenvalue weighted by Crippen LogP contribution is -2.63. The van der Waals surface area contributed by atoms with Crippen LogP contribution in [0.25, 0.3) is 0 Å². The van der Waals surface area contributed by atoms with Gasteiger partial charge in [0.15, 0.2) is 0 Å². The Morgan fingerprint density at radius 1 is 0.600 bits per heavy atom. The normalized spacial score (nSPS) is 28.6. The minimum absolute atomic E-state index is 0.284. The summed E-state index contributed by atoms with van der Waals surface area (Å²) in [5.74, 6) is 0. The van der Waals surface area contributed by atoms with Crippen LogP contribution in [-0.2, 0) is 34.0 Å². The molecule has 6 nitrogen and oxygen atoms in total. The van der Waals surface area contributed by atoms with Gasteiger partial charge >= 0.3 is 0 Å². The first-order valence-corrected chi connectivity index (χ1v) is 12.3. The third kappa shape index (κ3) is 5.81. The van der Waals surface area contributed by atoms with Crippen LogP contribution in [0.3, 0.4) is 0 Å². The van der Waals surface area contributed by atoms with Gasteiger partial charge in [0, 0.05) is 13.1 Å². The lowest BCUT2D eigenvalue weighted by molar-refractivity contribution is -0.205. The van der Waals surface area contributed by atoms with Gasteiger partial charge in [-0.3, -0.25) is 4.90 Å². The Bertz CT molecular complexity index is 1030. The van der Waals surface area contributed by atoms with E-state index in [-0.39, 0.29) is 12.1 Å². The molecule has 0 aromatic heterocycles. The van der Waals surface area contributed by atoms with Crippen LogP contribution < -0.4 is 0 Å². The van der Waals surface area contributed by atoms with Gasteiger partial charge in [-0.05, 0) is 16.7 Å². The molecule has 2 heterocycles. The zero-order valence-electron chi connectivity index (χ0n) is 19.7. The standard InChI is InChI=1S/C29H33NO5/c31-24-16-30-17-25(33-18-21-10-4-1-5-11-21)28(34-19-22-12-6-2-7-13-22)29(26(30)27(24)32)35-20-23-14-8-3-9-15-23/h1-15,24-29,31-32H,16-20H2/t24-,25-,26-,27-,28+,29+/m0/s1. The maximum absolute atomic E-state index is 10.9. The number of piperidine rings is 1. The third-order valence-corrected chi connectivity index (χ3v) is 6.91. The van der Waals surface area contributed by atoms with Crippen LogP contribution >= 0.6 is 0 Å². The van der Waals surface area contributed by atoms with Gasteiger partial charge in [-0.25, -0.2) is 0 Å². The predicted molar refractivity (Wildman–Crippen MR) is 132 cm³/mol. The SMILES string of the molecule is O[C@@H]1[C@H]2[C@@H](OCc3ccccc3)[C@H](OCc3ccccc3)[C@@H](OCc3ccccc3)CN2C[C@@H]1O. The molecule has 3 aromatic rings. The monoisotopic (exact) mass is 475 g/mol. The van der Waals surface area contributed by atoms with E-state index >= 15 is 0 Å². The van der Waals surface area contributed by atoms with Gasteiger partial charge in [-0.15, -0.1) is 0 Å². The highest BCUT2D eigenvalue weighted by Crippen LogP contribution is 2.34. The average molecular weight is 476 g/mol. The molecule has 2 saturated heterocycles. The molecule has 0 spiro atoms. The van der Waals surface area contributed by atoms with Crippen LogP contribution in [-0.4, -0.2) is 64.8 Å². The van der Waals surface area contributed by atoms with Gasteiger partial charge in [0.1, 0.15) is 12.2 Å². The average Bonchev–Trinajstić information content (AvgIpc) is 3.19. The van der Waals surface area contributed by atoms with Crippen LogP contribution in [0.15, 0.2) is 91.0 Å². The van der Waals surface area contributed by atoms with Crippen molar-refractivity contribution in [1.29, 1.82) is 0 Å². The van der Waals surface area contributed by atoms with E-state index in [0.717, 1.165) is 16.7 Å². The molecule has 2 fully saturated rings. The molecular formula is C29H33NO5. The summed E-state index contributed by atoms with van der Waals surface area (Å²) in [4.78, 5) is 2.09. The highest BCUT2D eigenvalue weighted by molar-refractivity contribution is 5.16. The number of fused-ring (bicyclic) bond motifs is 1. The fourth-order valence-corrected chi connectivity index (χ4v) is 5.11. The highest BCUT2D eigenvalue weighted by atomic mass is 16.6. The molecule has 2 aliphatic rings. The summed E-state index contributed by atoms with van der Waals surface area (Å²) >= 11 is 0. The molecule has 0 bridgehead atoms. The van der Waals surface area contributed by atoms with Gasteiger partial charge in [-0.2, -0.15) is 0 Å². The molecule has 6 atom stereocenters. The lowest BCUT2D eigenvalue weighted by atomic mass is 9.91. The topological polar surface area (TPSA) is 71.4 Å². The summed E-state index contributed by atoms with van der Waals surface area (Å²) in [6.07, 6.45) is -2.91. The highest BCUT2D eigenvalue weighted by Gasteiger charge is 2.54. The number of rotatable bonds is 9. The van der Waals surface area contributed by atoms with E-state index < -0.39 is 24.4 Å². The fourth-order valence-electron chi connectivity index (χ4n) is 5.11. The van der Waals surface area contributed by atoms with E-state index in [4.69, 9.17) is 14.2 Å². The second kappa shape index (κ2) is 11.4. The number of benzene rings is 3.